The number of hydrogen-bond acceptors (Lipinski definition) is 3. The molecule has 0 aromatic carbocycles. The Labute approximate surface area is 63.0 Å². The maximum absolute atomic E-state index is 10.8. The third-order valence-electron chi connectivity index (χ3n) is 1.95. The number of aliphatic carboxylic acids is 1. The van der Waals surface area contributed by atoms with E-state index in [9.17, 15) is 4.79 Å². The number of rotatable bonds is 1. The second-order valence-corrected chi connectivity index (χ2v) is 2.58. The summed E-state index contributed by atoms with van der Waals surface area (Å²) in [7, 11) is 0. The summed E-state index contributed by atoms with van der Waals surface area (Å²) in [6.07, 6.45) is 4.43. The van der Waals surface area contributed by atoms with Gasteiger partial charge in [-0.2, -0.15) is 0 Å². The van der Waals surface area contributed by atoms with Crippen molar-refractivity contribution < 1.29 is 9.90 Å². The monoisotopic (exact) mass is 150 g/mol. The highest BCUT2D eigenvalue weighted by atomic mass is 16.4. The molecule has 2 heterocycles. The molecule has 1 unspecified atom stereocenters. The summed E-state index contributed by atoms with van der Waals surface area (Å²) < 4.78 is 0. The van der Waals surface area contributed by atoms with E-state index in [-0.39, 0.29) is 0 Å². The van der Waals surface area contributed by atoms with Crippen molar-refractivity contribution in [2.75, 3.05) is 6.54 Å². The summed E-state index contributed by atoms with van der Waals surface area (Å²) in [5.41, 5.74) is -0.245. The predicted molar refractivity (Wildman–Crippen MR) is 40.0 cm³/mol. The fraction of sp³-hybridized carbons (Fsp3) is 0.286. The molecule has 2 rings (SSSR count). The van der Waals surface area contributed by atoms with Crippen LogP contribution >= 0.6 is 0 Å². The second-order valence-electron chi connectivity index (χ2n) is 2.58. The largest absolute Gasteiger partial charge is 0.480 e. The molecule has 0 aromatic heterocycles. The minimum atomic E-state index is -1.00. The molecule has 4 nitrogen and oxygen atoms in total. The average molecular weight is 150 g/mol. The lowest BCUT2D eigenvalue weighted by Crippen LogP contribution is -2.32. The Morgan fingerprint density at radius 2 is 2.45 bits per heavy atom. The molecule has 0 saturated heterocycles. The summed E-state index contributed by atoms with van der Waals surface area (Å²) in [5.74, 6) is -0.897. The van der Waals surface area contributed by atoms with Gasteiger partial charge in [-0.3, -0.25) is 14.8 Å². The Bertz CT molecular complexity index is 304. The molecule has 0 bridgehead atoms. The van der Waals surface area contributed by atoms with Gasteiger partial charge in [0.15, 0.2) is 5.41 Å². The van der Waals surface area contributed by atoms with E-state index >= 15 is 0 Å². The third-order valence-corrected chi connectivity index (χ3v) is 1.95. The zero-order valence-corrected chi connectivity index (χ0v) is 5.69. The Hall–Kier alpha value is -1.45. The zero-order chi connectivity index (χ0) is 7.90. The molecule has 4 heteroatoms. The maximum Gasteiger partial charge on any atom is 0.324 e. The molecule has 0 aliphatic carbocycles. The van der Waals surface area contributed by atoms with Crippen LogP contribution in [0.3, 0.4) is 0 Å². The van der Waals surface area contributed by atoms with E-state index in [0.717, 1.165) is 5.57 Å². The van der Waals surface area contributed by atoms with Gasteiger partial charge in [-0.1, -0.05) is 0 Å². The summed E-state index contributed by atoms with van der Waals surface area (Å²) in [5, 5.41) is 8.85. The van der Waals surface area contributed by atoms with Gasteiger partial charge in [0, 0.05) is 18.6 Å². The average Bonchev–Trinajstić information content (AvgIpc) is 2.40. The number of fused-ring (bicyclic) bond motifs is 1. The maximum atomic E-state index is 10.8. The summed E-state index contributed by atoms with van der Waals surface area (Å²) in [6, 6.07) is 0. The number of aliphatic imine (C=N–C) groups is 2. The van der Waals surface area contributed by atoms with Gasteiger partial charge < -0.3 is 5.11 Å². The Kier molecular flexibility index (Phi) is 1.01. The molecule has 0 amide bonds. The molecule has 56 valence electrons. The van der Waals surface area contributed by atoms with Crippen molar-refractivity contribution in [3.05, 3.63) is 11.8 Å². The zero-order valence-electron chi connectivity index (χ0n) is 5.69. The van der Waals surface area contributed by atoms with Crippen molar-refractivity contribution >= 4 is 18.4 Å². The SMILES string of the molecule is O=C(O)C12C=NC=C1CN=C2. The number of carboxylic acids is 1. The van der Waals surface area contributed by atoms with Gasteiger partial charge in [0.1, 0.15) is 0 Å². The second kappa shape index (κ2) is 1.78. The van der Waals surface area contributed by atoms with Crippen molar-refractivity contribution in [3.8, 4) is 0 Å². The molecule has 1 atom stereocenters. The minimum absolute atomic E-state index is 0.465. The van der Waals surface area contributed by atoms with Gasteiger partial charge >= 0.3 is 5.97 Å². The quantitative estimate of drug-likeness (QED) is 0.576. The van der Waals surface area contributed by atoms with Crippen LogP contribution in [-0.2, 0) is 4.79 Å². The minimum Gasteiger partial charge on any atom is -0.480 e. The first-order valence-electron chi connectivity index (χ1n) is 3.24. The molecule has 1 N–H and O–H groups in total. The van der Waals surface area contributed by atoms with Crippen molar-refractivity contribution in [2.24, 2.45) is 15.4 Å². The van der Waals surface area contributed by atoms with Crippen molar-refractivity contribution in [1.82, 2.24) is 0 Å². The summed E-state index contributed by atoms with van der Waals surface area (Å²) in [4.78, 5) is 18.5. The first-order valence-corrected chi connectivity index (χ1v) is 3.24. The molecule has 0 aromatic rings. The van der Waals surface area contributed by atoms with E-state index in [2.05, 4.69) is 9.98 Å². The van der Waals surface area contributed by atoms with Crippen molar-refractivity contribution in [1.29, 1.82) is 0 Å². The van der Waals surface area contributed by atoms with E-state index in [4.69, 9.17) is 5.11 Å². The molecular weight excluding hydrogens is 144 g/mol. The van der Waals surface area contributed by atoms with Crippen LogP contribution in [0.2, 0.25) is 0 Å². The van der Waals surface area contributed by atoms with E-state index in [1.165, 1.54) is 12.4 Å². The molecule has 0 spiro atoms. The van der Waals surface area contributed by atoms with Crippen LogP contribution in [0.5, 0.6) is 0 Å². The van der Waals surface area contributed by atoms with Crippen LogP contribution in [0.15, 0.2) is 21.8 Å². The van der Waals surface area contributed by atoms with E-state index in [0.29, 0.717) is 6.54 Å². The van der Waals surface area contributed by atoms with Crippen LogP contribution in [0.25, 0.3) is 0 Å². The Morgan fingerprint density at radius 1 is 1.64 bits per heavy atom. The van der Waals surface area contributed by atoms with Crippen LogP contribution in [-0.4, -0.2) is 30.0 Å². The van der Waals surface area contributed by atoms with Crippen molar-refractivity contribution in [2.45, 2.75) is 0 Å². The lowest BCUT2D eigenvalue weighted by atomic mass is 9.86. The van der Waals surface area contributed by atoms with Gasteiger partial charge in [-0.15, -0.1) is 0 Å². The first-order chi connectivity index (χ1) is 5.26. The lowest BCUT2D eigenvalue weighted by Gasteiger charge is -2.12. The van der Waals surface area contributed by atoms with Gasteiger partial charge in [0.2, 0.25) is 0 Å². The van der Waals surface area contributed by atoms with E-state index in [1.54, 1.807) is 6.20 Å². The highest BCUT2D eigenvalue weighted by Crippen LogP contribution is 2.32. The predicted octanol–water partition coefficient (Wildman–Crippen LogP) is 0.110. The van der Waals surface area contributed by atoms with Crippen LogP contribution < -0.4 is 0 Å². The molecule has 0 radical (unpaired) electrons. The molecule has 2 aliphatic rings. The van der Waals surface area contributed by atoms with Crippen molar-refractivity contribution in [3.63, 3.8) is 0 Å². The number of carboxylic acid groups (broad SMARTS) is 1. The molecule has 0 fully saturated rings. The smallest absolute Gasteiger partial charge is 0.324 e. The Balaban J connectivity index is 2.51. The normalized spacial score (nSPS) is 32.2. The summed E-state index contributed by atoms with van der Waals surface area (Å²) in [6.45, 7) is 0.465. The molecule has 11 heavy (non-hydrogen) atoms. The van der Waals surface area contributed by atoms with Crippen LogP contribution in [0.1, 0.15) is 0 Å². The fourth-order valence-electron chi connectivity index (χ4n) is 1.26. The first kappa shape index (κ1) is 6.27. The highest BCUT2D eigenvalue weighted by Gasteiger charge is 2.44. The van der Waals surface area contributed by atoms with E-state index < -0.39 is 11.4 Å². The number of carbonyl (C=O) groups is 1. The van der Waals surface area contributed by atoms with Crippen LogP contribution in [0.4, 0.5) is 0 Å². The number of hydrogen-bond donors (Lipinski definition) is 1. The molecule has 2 aliphatic heterocycles. The fourth-order valence-corrected chi connectivity index (χ4v) is 1.26. The van der Waals surface area contributed by atoms with E-state index in [1.807, 2.05) is 0 Å². The van der Waals surface area contributed by atoms with Gasteiger partial charge in [-0.05, 0) is 5.57 Å². The topological polar surface area (TPSA) is 62.0 Å². The lowest BCUT2D eigenvalue weighted by molar-refractivity contribution is -0.139. The molecular formula is C7H6N2O2. The highest BCUT2D eigenvalue weighted by molar-refractivity contribution is 6.16. The van der Waals surface area contributed by atoms with Gasteiger partial charge in [0.25, 0.3) is 0 Å². The third kappa shape index (κ3) is 0.609. The van der Waals surface area contributed by atoms with Crippen LogP contribution in [0, 0.1) is 5.41 Å². The Morgan fingerprint density at radius 3 is 3.09 bits per heavy atom. The number of nitrogens with zero attached hydrogens (tertiary/aromatic N) is 2. The molecule has 0 saturated carbocycles. The summed E-state index contributed by atoms with van der Waals surface area (Å²) >= 11 is 0. The standard InChI is InChI=1S/C7H6N2O2/c10-6(11)7-3-8-1-5(7)2-9-4-7/h1,3-4H,2H2,(H,10,11). The van der Waals surface area contributed by atoms with Gasteiger partial charge in [0.05, 0.1) is 6.54 Å². The van der Waals surface area contributed by atoms with Gasteiger partial charge in [-0.25, -0.2) is 0 Å².